The van der Waals surface area contributed by atoms with Gasteiger partial charge in [-0.2, -0.15) is 13.2 Å². The number of carbonyl (C=O) groups excluding carboxylic acids is 1. The smallest absolute Gasteiger partial charge is 0.323 e. The second-order valence-corrected chi connectivity index (χ2v) is 4.81. The summed E-state index contributed by atoms with van der Waals surface area (Å²) in [6.07, 6.45) is -2.61. The zero-order valence-electron chi connectivity index (χ0n) is 10.9. The molecule has 0 saturated carbocycles. The van der Waals surface area contributed by atoms with Gasteiger partial charge in [0.25, 0.3) is 0 Å². The van der Waals surface area contributed by atoms with Gasteiger partial charge in [0.05, 0.1) is 22.3 Å². The van der Waals surface area contributed by atoms with Crippen LogP contribution in [-0.2, 0) is 11.0 Å². The summed E-state index contributed by atoms with van der Waals surface area (Å²) in [6.45, 7) is 1.93. The van der Waals surface area contributed by atoms with Crippen molar-refractivity contribution in [3.05, 3.63) is 28.8 Å². The molecule has 0 aromatic heterocycles. The lowest BCUT2D eigenvalue weighted by molar-refractivity contribution is -0.137. The van der Waals surface area contributed by atoms with Crippen LogP contribution in [0.5, 0.6) is 0 Å². The van der Waals surface area contributed by atoms with E-state index in [-0.39, 0.29) is 5.02 Å². The molecule has 0 aliphatic rings. The van der Waals surface area contributed by atoms with Crippen molar-refractivity contribution in [3.8, 4) is 0 Å². The summed E-state index contributed by atoms with van der Waals surface area (Å²) in [5.41, 5.74) is 4.19. The molecule has 1 rings (SSSR count). The summed E-state index contributed by atoms with van der Waals surface area (Å²) < 4.78 is 38.5. The van der Waals surface area contributed by atoms with Crippen molar-refractivity contribution >= 4 is 23.2 Å². The highest BCUT2D eigenvalue weighted by Gasteiger charge is 2.35. The molecule has 0 bridgehead atoms. The molecule has 0 saturated heterocycles. The molecule has 0 fully saturated rings. The van der Waals surface area contributed by atoms with E-state index in [1.807, 2.05) is 6.92 Å². The molecular weight excluding hydrogens is 293 g/mol. The van der Waals surface area contributed by atoms with Crippen LogP contribution >= 0.6 is 11.6 Å². The first-order chi connectivity index (χ1) is 9.27. The number of benzene rings is 1. The number of halogens is 4. The summed E-state index contributed by atoms with van der Waals surface area (Å²) in [4.78, 5) is 11.8. The summed E-state index contributed by atoms with van der Waals surface area (Å²) in [5, 5.41) is 2.01. The molecule has 0 spiro atoms. The van der Waals surface area contributed by atoms with Crippen molar-refractivity contribution in [1.82, 2.24) is 0 Å². The van der Waals surface area contributed by atoms with Crippen molar-refractivity contribution in [1.29, 1.82) is 0 Å². The molecule has 0 aliphatic carbocycles. The Labute approximate surface area is 120 Å². The average Bonchev–Trinajstić information content (AvgIpc) is 2.36. The van der Waals surface area contributed by atoms with Crippen LogP contribution in [0.3, 0.4) is 0 Å². The van der Waals surface area contributed by atoms with Crippen molar-refractivity contribution in [2.45, 2.75) is 38.4 Å². The number of carbonyl (C=O) groups is 1. The Morgan fingerprint density at radius 1 is 1.45 bits per heavy atom. The lowest BCUT2D eigenvalue weighted by atomic mass is 10.1. The highest BCUT2D eigenvalue weighted by atomic mass is 35.5. The van der Waals surface area contributed by atoms with Gasteiger partial charge >= 0.3 is 6.18 Å². The minimum absolute atomic E-state index is 0.170. The van der Waals surface area contributed by atoms with E-state index in [1.54, 1.807) is 0 Å². The van der Waals surface area contributed by atoms with Gasteiger partial charge in [-0.05, 0) is 18.6 Å². The number of rotatable bonds is 5. The molecule has 1 aromatic carbocycles. The summed E-state index contributed by atoms with van der Waals surface area (Å²) in [6, 6.07) is 2.47. The Morgan fingerprint density at radius 3 is 2.65 bits per heavy atom. The summed E-state index contributed by atoms with van der Waals surface area (Å²) in [7, 11) is 0. The molecule has 0 unspecified atom stereocenters. The second-order valence-electron chi connectivity index (χ2n) is 4.40. The molecule has 20 heavy (non-hydrogen) atoms. The molecule has 0 heterocycles. The number of alkyl halides is 3. The zero-order chi connectivity index (χ0) is 15.3. The van der Waals surface area contributed by atoms with Gasteiger partial charge in [0.15, 0.2) is 0 Å². The van der Waals surface area contributed by atoms with Gasteiger partial charge in [0.1, 0.15) is 0 Å². The molecule has 1 aromatic rings. The van der Waals surface area contributed by atoms with Crippen LogP contribution in [0.1, 0.15) is 31.7 Å². The first-order valence-electron chi connectivity index (χ1n) is 6.19. The lowest BCUT2D eigenvalue weighted by Gasteiger charge is -2.17. The molecule has 7 heteroatoms. The monoisotopic (exact) mass is 308 g/mol. The van der Waals surface area contributed by atoms with Crippen molar-refractivity contribution in [3.63, 3.8) is 0 Å². The minimum atomic E-state index is -4.60. The predicted octanol–water partition coefficient (Wildman–Crippen LogP) is 3.81. The van der Waals surface area contributed by atoms with Gasteiger partial charge in [0.2, 0.25) is 5.91 Å². The van der Waals surface area contributed by atoms with E-state index >= 15 is 0 Å². The maximum absolute atomic E-state index is 12.8. The highest BCUT2D eigenvalue weighted by molar-refractivity contribution is 6.34. The van der Waals surface area contributed by atoms with Crippen LogP contribution in [0.15, 0.2) is 18.2 Å². The fourth-order valence-electron chi connectivity index (χ4n) is 1.66. The van der Waals surface area contributed by atoms with E-state index in [4.69, 9.17) is 17.3 Å². The topological polar surface area (TPSA) is 55.1 Å². The van der Waals surface area contributed by atoms with Crippen LogP contribution in [0.2, 0.25) is 5.02 Å². The summed E-state index contributed by atoms with van der Waals surface area (Å²) in [5.74, 6) is -0.669. The maximum atomic E-state index is 12.8. The van der Waals surface area contributed by atoms with Gasteiger partial charge in [-0.25, -0.2) is 0 Å². The molecule has 3 nitrogen and oxygen atoms in total. The van der Waals surface area contributed by atoms with Gasteiger partial charge in [-0.1, -0.05) is 37.4 Å². The Hall–Kier alpha value is -1.27. The molecular formula is C13H16ClF3N2O. The third-order valence-corrected chi connectivity index (χ3v) is 3.09. The lowest BCUT2D eigenvalue weighted by Crippen LogP contribution is -2.36. The van der Waals surface area contributed by atoms with Crippen LogP contribution in [0.4, 0.5) is 18.9 Å². The Balaban J connectivity index is 2.94. The van der Waals surface area contributed by atoms with Crippen LogP contribution < -0.4 is 11.1 Å². The molecule has 1 amide bonds. The van der Waals surface area contributed by atoms with Gasteiger partial charge < -0.3 is 11.1 Å². The first kappa shape index (κ1) is 16.8. The van der Waals surface area contributed by atoms with Crippen molar-refractivity contribution < 1.29 is 18.0 Å². The standard InChI is InChI=1S/C13H16ClF3N2O/c1-2-3-7-10(18)12(20)19-11-8(13(15,16)17)5-4-6-9(11)14/h4-6,10H,2-3,7,18H2,1H3,(H,19,20)/t10-/m0/s1. The summed E-state index contributed by atoms with van der Waals surface area (Å²) >= 11 is 5.73. The van der Waals surface area contributed by atoms with E-state index < -0.39 is 29.4 Å². The first-order valence-corrected chi connectivity index (χ1v) is 6.57. The molecule has 0 radical (unpaired) electrons. The second kappa shape index (κ2) is 6.95. The number of hydrogen-bond donors (Lipinski definition) is 2. The number of nitrogens with two attached hydrogens (primary N) is 1. The van der Waals surface area contributed by atoms with Gasteiger partial charge in [-0.15, -0.1) is 0 Å². The van der Waals surface area contributed by atoms with E-state index in [9.17, 15) is 18.0 Å². The van der Waals surface area contributed by atoms with Crippen LogP contribution in [0.25, 0.3) is 0 Å². The largest absolute Gasteiger partial charge is 0.418 e. The Morgan fingerprint density at radius 2 is 2.10 bits per heavy atom. The van der Waals surface area contributed by atoms with Gasteiger partial charge in [-0.3, -0.25) is 4.79 Å². The molecule has 1 atom stereocenters. The zero-order valence-corrected chi connectivity index (χ0v) is 11.7. The highest BCUT2D eigenvalue weighted by Crippen LogP contribution is 2.38. The number of hydrogen-bond acceptors (Lipinski definition) is 2. The minimum Gasteiger partial charge on any atom is -0.323 e. The van der Waals surface area contributed by atoms with Crippen LogP contribution in [0, 0.1) is 0 Å². The Bertz CT molecular complexity index is 477. The van der Waals surface area contributed by atoms with E-state index in [0.717, 1.165) is 18.9 Å². The fraction of sp³-hybridized carbons (Fsp3) is 0.462. The number of unbranched alkanes of at least 4 members (excludes halogenated alkanes) is 1. The average molecular weight is 309 g/mol. The van der Waals surface area contributed by atoms with Gasteiger partial charge in [0, 0.05) is 0 Å². The quantitative estimate of drug-likeness (QED) is 0.869. The SMILES string of the molecule is CCCC[C@H](N)C(=O)Nc1c(Cl)cccc1C(F)(F)F. The maximum Gasteiger partial charge on any atom is 0.418 e. The fourth-order valence-corrected chi connectivity index (χ4v) is 1.88. The van der Waals surface area contributed by atoms with Crippen LogP contribution in [-0.4, -0.2) is 11.9 Å². The Kier molecular flexibility index (Phi) is 5.83. The van der Waals surface area contributed by atoms with E-state index in [1.165, 1.54) is 12.1 Å². The molecule has 112 valence electrons. The van der Waals surface area contributed by atoms with E-state index in [0.29, 0.717) is 6.42 Å². The normalized spacial score (nSPS) is 13.1. The predicted molar refractivity (Wildman–Crippen MR) is 72.6 cm³/mol. The third kappa shape index (κ3) is 4.38. The number of anilines is 1. The molecule has 3 N–H and O–H groups in total. The number of nitrogens with one attached hydrogen (secondary N) is 1. The van der Waals surface area contributed by atoms with Crippen molar-refractivity contribution in [2.24, 2.45) is 5.73 Å². The van der Waals surface area contributed by atoms with E-state index in [2.05, 4.69) is 5.32 Å². The number of amides is 1. The molecule has 0 aliphatic heterocycles. The van der Waals surface area contributed by atoms with Crippen molar-refractivity contribution in [2.75, 3.05) is 5.32 Å². The number of para-hydroxylation sites is 1. The third-order valence-electron chi connectivity index (χ3n) is 2.77.